The van der Waals surface area contributed by atoms with Crippen molar-refractivity contribution in [3.63, 3.8) is 0 Å². The third kappa shape index (κ3) is 3.89. The van der Waals surface area contributed by atoms with Gasteiger partial charge in [-0.2, -0.15) is 0 Å². The van der Waals surface area contributed by atoms with Gasteiger partial charge in [-0.05, 0) is 13.3 Å². The molecule has 0 aromatic heterocycles. The Bertz CT molecular complexity index is 297. The summed E-state index contributed by atoms with van der Waals surface area (Å²) in [4.78, 5) is 24.5. The smallest absolute Gasteiger partial charge is 0.311 e. The summed E-state index contributed by atoms with van der Waals surface area (Å²) in [5.74, 6) is 0.390. The third-order valence-corrected chi connectivity index (χ3v) is 3.91. The van der Waals surface area contributed by atoms with E-state index in [2.05, 4.69) is 0 Å². The van der Waals surface area contributed by atoms with E-state index >= 15 is 0 Å². The molecule has 1 aliphatic rings. The van der Waals surface area contributed by atoms with Gasteiger partial charge in [0.2, 0.25) is 5.91 Å². The van der Waals surface area contributed by atoms with Crippen LogP contribution in [0.1, 0.15) is 13.3 Å². The Morgan fingerprint density at radius 3 is 2.76 bits per heavy atom. The van der Waals surface area contributed by atoms with Gasteiger partial charge in [0.1, 0.15) is 0 Å². The van der Waals surface area contributed by atoms with Crippen molar-refractivity contribution in [2.24, 2.45) is 5.41 Å². The molecule has 0 spiro atoms. The van der Waals surface area contributed by atoms with Gasteiger partial charge in [0.25, 0.3) is 0 Å². The minimum Gasteiger partial charge on any atom is -0.481 e. The molecule has 5 nitrogen and oxygen atoms in total. The molecule has 1 saturated heterocycles. The molecule has 0 aromatic carbocycles. The van der Waals surface area contributed by atoms with Crippen LogP contribution < -0.4 is 0 Å². The number of carbonyl (C=O) groups is 2. The Morgan fingerprint density at radius 2 is 2.24 bits per heavy atom. The zero-order valence-electron chi connectivity index (χ0n) is 10.3. The van der Waals surface area contributed by atoms with Gasteiger partial charge in [-0.1, -0.05) is 0 Å². The largest absolute Gasteiger partial charge is 0.481 e. The lowest BCUT2D eigenvalue weighted by atomic mass is 9.90. The fraction of sp³-hybridized carbons (Fsp3) is 0.818. The predicted octanol–water partition coefficient (Wildman–Crippen LogP) is 0.689. The molecule has 0 bridgehead atoms. The number of carbonyl (C=O) groups excluding carboxylic acids is 1. The molecule has 0 radical (unpaired) electrons. The molecular formula is C11H19NO4S. The van der Waals surface area contributed by atoms with Crippen LogP contribution >= 0.6 is 11.8 Å². The van der Waals surface area contributed by atoms with Crippen LogP contribution in [0.2, 0.25) is 0 Å². The quantitative estimate of drug-likeness (QED) is 0.713. The average Bonchev–Trinajstić information content (AvgIpc) is 2.69. The van der Waals surface area contributed by atoms with Gasteiger partial charge in [0.15, 0.2) is 0 Å². The van der Waals surface area contributed by atoms with Crippen molar-refractivity contribution in [2.75, 3.05) is 38.3 Å². The molecule has 98 valence electrons. The first kappa shape index (κ1) is 14.3. The van der Waals surface area contributed by atoms with Crippen LogP contribution in [0, 0.1) is 5.41 Å². The zero-order valence-corrected chi connectivity index (χ0v) is 11.1. The molecule has 1 unspecified atom stereocenters. The Labute approximate surface area is 105 Å². The fourth-order valence-corrected chi connectivity index (χ4v) is 2.53. The van der Waals surface area contributed by atoms with E-state index in [0.29, 0.717) is 31.9 Å². The molecule has 1 heterocycles. The van der Waals surface area contributed by atoms with Crippen molar-refractivity contribution in [1.82, 2.24) is 4.90 Å². The highest BCUT2D eigenvalue weighted by molar-refractivity contribution is 7.99. The Balaban J connectivity index is 2.33. The van der Waals surface area contributed by atoms with Gasteiger partial charge in [0.05, 0.1) is 17.8 Å². The van der Waals surface area contributed by atoms with Gasteiger partial charge >= 0.3 is 5.97 Å². The van der Waals surface area contributed by atoms with Crippen molar-refractivity contribution < 1.29 is 19.4 Å². The molecule has 1 aliphatic heterocycles. The summed E-state index contributed by atoms with van der Waals surface area (Å²) in [6.07, 6.45) is 0.539. The summed E-state index contributed by atoms with van der Waals surface area (Å²) in [6.45, 7) is 3.20. The van der Waals surface area contributed by atoms with E-state index in [1.165, 1.54) is 11.8 Å². The minimum atomic E-state index is -0.820. The maximum absolute atomic E-state index is 11.8. The van der Waals surface area contributed by atoms with Crippen molar-refractivity contribution in [2.45, 2.75) is 13.3 Å². The molecular weight excluding hydrogens is 242 g/mol. The number of aliphatic carboxylic acids is 1. The summed E-state index contributed by atoms with van der Waals surface area (Å²) in [5, 5.41) is 9.06. The van der Waals surface area contributed by atoms with Crippen molar-refractivity contribution in [3.8, 4) is 0 Å². The zero-order chi connectivity index (χ0) is 12.9. The van der Waals surface area contributed by atoms with Crippen LogP contribution in [0.15, 0.2) is 0 Å². The number of carboxylic acids is 1. The normalized spacial score (nSPS) is 24.0. The summed E-state index contributed by atoms with van der Waals surface area (Å²) in [5.41, 5.74) is -0.771. The van der Waals surface area contributed by atoms with Crippen LogP contribution in [-0.4, -0.2) is 60.2 Å². The van der Waals surface area contributed by atoms with E-state index < -0.39 is 11.4 Å². The third-order valence-electron chi connectivity index (χ3n) is 3.00. The molecule has 0 saturated carbocycles. The van der Waals surface area contributed by atoms with Crippen molar-refractivity contribution in [3.05, 3.63) is 0 Å². The van der Waals surface area contributed by atoms with Gasteiger partial charge in [-0.15, -0.1) is 11.8 Å². The highest BCUT2D eigenvalue weighted by atomic mass is 32.2. The lowest BCUT2D eigenvalue weighted by Crippen LogP contribution is -2.35. The van der Waals surface area contributed by atoms with Gasteiger partial charge in [0, 0.05) is 26.0 Å². The lowest BCUT2D eigenvalue weighted by Gasteiger charge is -2.20. The first-order chi connectivity index (χ1) is 7.99. The Morgan fingerprint density at radius 1 is 1.53 bits per heavy atom. The first-order valence-corrected chi connectivity index (χ1v) is 6.73. The monoisotopic (exact) mass is 261 g/mol. The number of nitrogens with zero attached hydrogens (tertiary/aromatic N) is 1. The highest BCUT2D eigenvalue weighted by Gasteiger charge is 2.41. The van der Waals surface area contributed by atoms with Crippen LogP contribution in [0.4, 0.5) is 0 Å². The minimum absolute atomic E-state index is 0.0241. The number of likely N-dealkylation sites (tertiary alicyclic amines) is 1. The maximum atomic E-state index is 11.8. The number of methoxy groups -OCH3 is 1. The molecule has 1 rings (SSSR count). The van der Waals surface area contributed by atoms with Crippen LogP contribution in [0.25, 0.3) is 0 Å². The number of rotatable bonds is 6. The predicted molar refractivity (Wildman–Crippen MR) is 66.1 cm³/mol. The van der Waals surface area contributed by atoms with Crippen LogP contribution in [0.3, 0.4) is 0 Å². The van der Waals surface area contributed by atoms with Crippen molar-refractivity contribution in [1.29, 1.82) is 0 Å². The molecule has 1 fully saturated rings. The lowest BCUT2D eigenvalue weighted by molar-refractivity contribution is -0.147. The van der Waals surface area contributed by atoms with E-state index in [4.69, 9.17) is 9.84 Å². The summed E-state index contributed by atoms with van der Waals surface area (Å²) in [6, 6.07) is 0. The van der Waals surface area contributed by atoms with Gasteiger partial charge < -0.3 is 14.7 Å². The second-order valence-electron chi connectivity index (χ2n) is 4.48. The number of thioether (sulfide) groups is 1. The van der Waals surface area contributed by atoms with Crippen LogP contribution in [0.5, 0.6) is 0 Å². The number of amides is 1. The van der Waals surface area contributed by atoms with Gasteiger partial charge in [-0.25, -0.2) is 0 Å². The van der Waals surface area contributed by atoms with Crippen molar-refractivity contribution >= 4 is 23.6 Å². The molecule has 17 heavy (non-hydrogen) atoms. The van der Waals surface area contributed by atoms with E-state index in [9.17, 15) is 9.59 Å². The number of ether oxygens (including phenoxy) is 1. The van der Waals surface area contributed by atoms with Crippen LogP contribution in [-0.2, 0) is 14.3 Å². The topological polar surface area (TPSA) is 66.8 Å². The second kappa shape index (κ2) is 6.26. The molecule has 1 N–H and O–H groups in total. The van der Waals surface area contributed by atoms with Gasteiger partial charge in [-0.3, -0.25) is 9.59 Å². The second-order valence-corrected chi connectivity index (χ2v) is 5.58. The number of carboxylic acid groups (broad SMARTS) is 1. The summed E-state index contributed by atoms with van der Waals surface area (Å²) in [7, 11) is 1.63. The van der Waals surface area contributed by atoms with E-state index in [1.807, 2.05) is 0 Å². The highest BCUT2D eigenvalue weighted by Crippen LogP contribution is 2.30. The molecule has 1 amide bonds. The van der Waals surface area contributed by atoms with E-state index in [0.717, 1.165) is 5.75 Å². The summed E-state index contributed by atoms with van der Waals surface area (Å²) >= 11 is 1.52. The Hall–Kier alpha value is -0.750. The molecule has 1 atom stereocenters. The Kier molecular flexibility index (Phi) is 5.27. The van der Waals surface area contributed by atoms with E-state index in [-0.39, 0.29) is 5.91 Å². The molecule has 0 aromatic rings. The first-order valence-electron chi connectivity index (χ1n) is 5.57. The molecule has 6 heteroatoms. The number of hydrogen-bond donors (Lipinski definition) is 1. The SMILES string of the molecule is COCCSCC(=O)N1CCC(C)(C(=O)O)C1. The number of hydrogen-bond acceptors (Lipinski definition) is 4. The fourth-order valence-electron chi connectivity index (χ4n) is 1.74. The average molecular weight is 261 g/mol. The molecule has 0 aliphatic carbocycles. The summed E-state index contributed by atoms with van der Waals surface area (Å²) < 4.78 is 4.89. The standard InChI is InChI=1S/C11H19NO4S/c1-11(10(14)15)3-4-12(8-11)9(13)7-17-6-5-16-2/h3-8H2,1-2H3,(H,14,15). The van der Waals surface area contributed by atoms with E-state index in [1.54, 1.807) is 18.9 Å². The maximum Gasteiger partial charge on any atom is 0.311 e.